The zero-order chi connectivity index (χ0) is 16.0. The molecule has 4 nitrogen and oxygen atoms in total. The minimum atomic E-state index is -4.77. The van der Waals surface area contributed by atoms with Gasteiger partial charge in [-0.3, -0.25) is 4.90 Å². The van der Waals surface area contributed by atoms with Crippen molar-refractivity contribution in [2.75, 3.05) is 0 Å². The van der Waals surface area contributed by atoms with Crippen molar-refractivity contribution in [3.8, 4) is 0 Å². The highest BCUT2D eigenvalue weighted by Gasteiger charge is 2.60. The van der Waals surface area contributed by atoms with Gasteiger partial charge in [-0.05, 0) is 34.7 Å². The normalized spacial score (nSPS) is 24.4. The van der Waals surface area contributed by atoms with Crippen LogP contribution in [0, 0.1) is 0 Å². The Morgan fingerprint density at radius 2 is 1.86 bits per heavy atom. The van der Waals surface area contributed by atoms with E-state index in [4.69, 9.17) is 0 Å². The highest BCUT2D eigenvalue weighted by Crippen LogP contribution is 2.42. The number of fused-ring (bicyclic) bond motifs is 1. The summed E-state index contributed by atoms with van der Waals surface area (Å²) < 4.78 is 41.8. The van der Waals surface area contributed by atoms with Gasteiger partial charge in [-0.1, -0.05) is 30.3 Å². The van der Waals surface area contributed by atoms with Gasteiger partial charge >= 0.3 is 12.2 Å². The third-order valence-electron chi connectivity index (χ3n) is 3.28. The average Bonchev–Trinajstić information content (AvgIpc) is 2.47. The molecule has 2 amide bonds. The molecule has 0 fully saturated rings. The molecule has 1 atom stereocenters. The van der Waals surface area contributed by atoms with E-state index in [-0.39, 0.29) is 11.4 Å². The molecule has 1 unspecified atom stereocenters. The molecule has 2 aliphatic heterocycles. The van der Waals surface area contributed by atoms with Crippen LogP contribution in [0.25, 0.3) is 0 Å². The van der Waals surface area contributed by atoms with Gasteiger partial charge in [0.15, 0.2) is 0 Å². The lowest BCUT2D eigenvalue weighted by atomic mass is 9.98. The molecule has 8 heteroatoms. The smallest absolute Gasteiger partial charge is 0.301 e. The van der Waals surface area contributed by atoms with E-state index < -0.39 is 17.9 Å². The largest absolute Gasteiger partial charge is 0.436 e. The van der Waals surface area contributed by atoms with Gasteiger partial charge in [0.1, 0.15) is 5.84 Å². The molecule has 1 N–H and O–H groups in total. The molecule has 114 valence electrons. The second-order valence-corrected chi connectivity index (χ2v) is 5.94. The van der Waals surface area contributed by atoms with E-state index in [0.717, 1.165) is 4.90 Å². The lowest BCUT2D eigenvalue weighted by molar-refractivity contribution is -0.196. The summed E-state index contributed by atoms with van der Waals surface area (Å²) in [7, 11) is 0. The SMILES string of the molecule is O=C1NC(c2ccccc2)(C(F)(F)F)N=C2C=CC(I)=CN12. The fourth-order valence-electron chi connectivity index (χ4n) is 2.25. The van der Waals surface area contributed by atoms with Crippen LogP contribution in [-0.2, 0) is 5.66 Å². The highest BCUT2D eigenvalue weighted by molar-refractivity contribution is 14.1. The van der Waals surface area contributed by atoms with Crippen molar-refractivity contribution in [1.29, 1.82) is 0 Å². The summed E-state index contributed by atoms with van der Waals surface area (Å²) in [5.74, 6) is -0.0506. The molecule has 1 aromatic rings. The molecule has 0 saturated heterocycles. The second-order valence-electron chi connectivity index (χ2n) is 4.69. The summed E-state index contributed by atoms with van der Waals surface area (Å²) in [5.41, 5.74) is -2.92. The third kappa shape index (κ3) is 2.31. The van der Waals surface area contributed by atoms with E-state index in [2.05, 4.69) is 4.99 Å². The second kappa shape index (κ2) is 5.11. The van der Waals surface area contributed by atoms with E-state index in [1.54, 1.807) is 12.1 Å². The van der Waals surface area contributed by atoms with E-state index in [1.165, 1.54) is 36.5 Å². The fourth-order valence-corrected chi connectivity index (χ4v) is 2.71. The lowest BCUT2D eigenvalue weighted by Crippen LogP contribution is -2.62. The standard InChI is InChI=1S/C14H9F3IN3O/c15-14(16,17)13(9-4-2-1-3-5-9)19-11-7-6-10(18)8-21(11)12(22)20-13/h1-8H,(H,20,22). The first-order chi connectivity index (χ1) is 10.3. The number of benzene rings is 1. The van der Waals surface area contributed by atoms with Crippen LogP contribution in [0.5, 0.6) is 0 Å². The molecule has 0 radical (unpaired) electrons. The molecule has 22 heavy (non-hydrogen) atoms. The van der Waals surface area contributed by atoms with Crippen LogP contribution in [-0.4, -0.2) is 22.9 Å². The van der Waals surface area contributed by atoms with E-state index in [0.29, 0.717) is 3.58 Å². The van der Waals surface area contributed by atoms with E-state index in [1.807, 2.05) is 27.9 Å². The molecule has 3 rings (SSSR count). The number of allylic oxidation sites excluding steroid dienone is 2. The Labute approximate surface area is 137 Å². The molecule has 0 spiro atoms. The molecule has 0 aliphatic carbocycles. The zero-order valence-electron chi connectivity index (χ0n) is 10.9. The van der Waals surface area contributed by atoms with Crippen LogP contribution in [0.2, 0.25) is 0 Å². The highest BCUT2D eigenvalue weighted by atomic mass is 127. The summed E-state index contributed by atoms with van der Waals surface area (Å²) in [4.78, 5) is 17.0. The fraction of sp³-hybridized carbons (Fsp3) is 0.143. The maximum atomic E-state index is 13.7. The number of carbonyl (C=O) groups is 1. The number of amidine groups is 1. The van der Waals surface area contributed by atoms with Crippen LogP contribution >= 0.6 is 22.6 Å². The summed E-state index contributed by atoms with van der Waals surface area (Å²) in [6.45, 7) is 0. The van der Waals surface area contributed by atoms with Gasteiger partial charge in [0, 0.05) is 15.3 Å². The van der Waals surface area contributed by atoms with Gasteiger partial charge in [-0.25, -0.2) is 9.79 Å². The van der Waals surface area contributed by atoms with Crippen LogP contribution in [0.1, 0.15) is 5.56 Å². The monoisotopic (exact) mass is 419 g/mol. The minimum absolute atomic E-state index is 0.0506. The third-order valence-corrected chi connectivity index (χ3v) is 3.92. The van der Waals surface area contributed by atoms with Gasteiger partial charge in [-0.2, -0.15) is 13.2 Å². The lowest BCUT2D eigenvalue weighted by Gasteiger charge is -2.40. The van der Waals surface area contributed by atoms with Crippen molar-refractivity contribution >= 4 is 34.5 Å². The molecule has 0 bridgehead atoms. The van der Waals surface area contributed by atoms with Crippen LogP contribution < -0.4 is 5.32 Å². The van der Waals surface area contributed by atoms with Crippen molar-refractivity contribution in [3.63, 3.8) is 0 Å². The van der Waals surface area contributed by atoms with Gasteiger partial charge in [-0.15, -0.1) is 0 Å². The first-order valence-electron chi connectivity index (χ1n) is 6.22. The number of aliphatic imine (C=N–C) groups is 1. The maximum Gasteiger partial charge on any atom is 0.436 e. The van der Waals surface area contributed by atoms with Crippen LogP contribution in [0.4, 0.5) is 18.0 Å². The number of rotatable bonds is 1. The number of amides is 2. The van der Waals surface area contributed by atoms with Crippen molar-refractivity contribution in [3.05, 3.63) is 57.8 Å². The van der Waals surface area contributed by atoms with E-state index in [9.17, 15) is 18.0 Å². The summed E-state index contributed by atoms with van der Waals surface area (Å²) in [6.07, 6.45) is -0.351. The Balaban J connectivity index is 2.20. The van der Waals surface area contributed by atoms with E-state index >= 15 is 0 Å². The van der Waals surface area contributed by atoms with Gasteiger partial charge in [0.2, 0.25) is 0 Å². The molecule has 0 aromatic heterocycles. The zero-order valence-corrected chi connectivity index (χ0v) is 13.1. The maximum absolute atomic E-state index is 13.7. The Morgan fingerprint density at radius 3 is 2.50 bits per heavy atom. The molecule has 2 heterocycles. The molecular formula is C14H9F3IN3O. The quantitative estimate of drug-likeness (QED) is 0.694. The number of urea groups is 1. The topological polar surface area (TPSA) is 44.7 Å². The van der Waals surface area contributed by atoms with Crippen LogP contribution in [0.3, 0.4) is 0 Å². The van der Waals surface area contributed by atoms with Gasteiger partial charge in [0.25, 0.3) is 5.66 Å². The Bertz CT molecular complexity index is 712. The summed E-state index contributed by atoms with van der Waals surface area (Å²) >= 11 is 1.97. The Hall–Kier alpha value is -1.84. The van der Waals surface area contributed by atoms with Crippen molar-refractivity contribution in [2.45, 2.75) is 11.8 Å². The number of alkyl halides is 3. The predicted octanol–water partition coefficient (Wildman–Crippen LogP) is 3.67. The number of nitrogens with zero attached hydrogens (tertiary/aromatic N) is 2. The molecule has 0 saturated carbocycles. The van der Waals surface area contributed by atoms with Gasteiger partial charge < -0.3 is 5.32 Å². The molecule has 1 aromatic carbocycles. The molecule has 2 aliphatic rings. The number of halogens is 4. The van der Waals surface area contributed by atoms with Crippen molar-refractivity contribution in [2.24, 2.45) is 4.99 Å². The number of carbonyl (C=O) groups excluding carboxylic acids is 1. The van der Waals surface area contributed by atoms with Crippen molar-refractivity contribution in [1.82, 2.24) is 10.2 Å². The Morgan fingerprint density at radius 1 is 1.18 bits per heavy atom. The number of nitrogens with one attached hydrogen (secondary N) is 1. The van der Waals surface area contributed by atoms with Gasteiger partial charge in [0.05, 0.1) is 0 Å². The first kappa shape index (κ1) is 15.1. The first-order valence-corrected chi connectivity index (χ1v) is 7.30. The number of hydrogen-bond acceptors (Lipinski definition) is 2. The number of hydrogen-bond donors (Lipinski definition) is 1. The predicted molar refractivity (Wildman–Crippen MR) is 83.2 cm³/mol. The van der Waals surface area contributed by atoms with Crippen LogP contribution in [0.15, 0.2) is 57.3 Å². The van der Waals surface area contributed by atoms with Crippen molar-refractivity contribution < 1.29 is 18.0 Å². The molecular weight excluding hydrogens is 410 g/mol. The minimum Gasteiger partial charge on any atom is -0.301 e. The summed E-state index contributed by atoms with van der Waals surface area (Å²) in [5, 5.41) is 2.00. The summed E-state index contributed by atoms with van der Waals surface area (Å²) in [6, 6.07) is 6.26. The Kier molecular flexibility index (Phi) is 3.50. The average molecular weight is 419 g/mol.